The molecule has 0 fully saturated rings. The smallest absolute Gasteiger partial charge is 0.262 e. The highest BCUT2D eigenvalue weighted by Crippen LogP contribution is 2.37. The van der Waals surface area contributed by atoms with Crippen LogP contribution in [-0.2, 0) is 17.6 Å². The molecular weight excluding hydrogens is 348 g/mol. The number of amides is 2. The zero-order valence-electron chi connectivity index (χ0n) is 15.4. The second-order valence-corrected chi connectivity index (χ2v) is 7.95. The van der Waals surface area contributed by atoms with Gasteiger partial charge in [-0.05, 0) is 63.1 Å². The van der Waals surface area contributed by atoms with E-state index >= 15 is 0 Å². The van der Waals surface area contributed by atoms with Crippen LogP contribution in [-0.4, -0.2) is 18.4 Å². The fraction of sp³-hybridized carbons (Fsp3) is 0.400. The van der Waals surface area contributed by atoms with Crippen molar-refractivity contribution in [3.63, 3.8) is 0 Å². The van der Waals surface area contributed by atoms with Crippen molar-refractivity contribution in [2.45, 2.75) is 46.5 Å². The largest absolute Gasteiger partial charge is 0.483 e. The predicted octanol–water partition coefficient (Wildman–Crippen LogP) is 3.67. The van der Waals surface area contributed by atoms with Crippen LogP contribution in [0, 0.1) is 20.8 Å². The molecule has 5 nitrogen and oxygen atoms in total. The van der Waals surface area contributed by atoms with Crippen LogP contribution < -0.4 is 15.8 Å². The van der Waals surface area contributed by atoms with Gasteiger partial charge in [-0.2, -0.15) is 0 Å². The lowest BCUT2D eigenvalue weighted by molar-refractivity contribution is -0.118. The number of ether oxygens (including phenoxy) is 1. The normalized spacial score (nSPS) is 13.2. The van der Waals surface area contributed by atoms with Gasteiger partial charge in [-0.25, -0.2) is 0 Å². The number of primary amides is 1. The Labute approximate surface area is 157 Å². The van der Waals surface area contributed by atoms with E-state index in [1.54, 1.807) is 0 Å². The van der Waals surface area contributed by atoms with E-state index in [9.17, 15) is 9.59 Å². The van der Waals surface area contributed by atoms with E-state index in [0.29, 0.717) is 10.6 Å². The van der Waals surface area contributed by atoms with Crippen LogP contribution in [0.3, 0.4) is 0 Å². The number of hydrogen-bond acceptors (Lipinski definition) is 4. The van der Waals surface area contributed by atoms with Gasteiger partial charge in [0.15, 0.2) is 6.61 Å². The van der Waals surface area contributed by atoms with E-state index in [-0.39, 0.29) is 12.5 Å². The van der Waals surface area contributed by atoms with Crippen molar-refractivity contribution < 1.29 is 14.3 Å². The zero-order chi connectivity index (χ0) is 18.8. The van der Waals surface area contributed by atoms with Gasteiger partial charge in [-0.3, -0.25) is 9.59 Å². The number of fused-ring (bicyclic) bond motifs is 1. The third kappa shape index (κ3) is 3.75. The second kappa shape index (κ2) is 7.50. The summed E-state index contributed by atoms with van der Waals surface area (Å²) in [4.78, 5) is 25.4. The molecule has 2 amide bonds. The molecule has 0 bridgehead atoms. The van der Waals surface area contributed by atoms with Gasteiger partial charge >= 0.3 is 0 Å². The Hall–Kier alpha value is -2.34. The van der Waals surface area contributed by atoms with Crippen LogP contribution in [0.25, 0.3) is 0 Å². The van der Waals surface area contributed by atoms with Crippen molar-refractivity contribution in [3.05, 3.63) is 44.8 Å². The standard InChI is InChI=1S/C20H24N2O3S/c1-11-8-12(2)18(13(3)9-11)25-10-16(23)22-20-17(19(21)24)14-6-4-5-7-15(14)26-20/h8-9H,4-7,10H2,1-3H3,(H2,21,24)(H,22,23). The van der Waals surface area contributed by atoms with Crippen LogP contribution >= 0.6 is 11.3 Å². The maximum Gasteiger partial charge on any atom is 0.262 e. The third-order valence-electron chi connectivity index (χ3n) is 4.62. The molecule has 6 heteroatoms. The summed E-state index contributed by atoms with van der Waals surface area (Å²) >= 11 is 1.46. The van der Waals surface area contributed by atoms with Crippen molar-refractivity contribution >= 4 is 28.2 Å². The minimum Gasteiger partial charge on any atom is -0.483 e. The van der Waals surface area contributed by atoms with E-state index in [1.807, 2.05) is 32.9 Å². The van der Waals surface area contributed by atoms with Gasteiger partial charge < -0.3 is 15.8 Å². The Morgan fingerprint density at radius 1 is 1.15 bits per heavy atom. The summed E-state index contributed by atoms with van der Waals surface area (Å²) in [7, 11) is 0. The topological polar surface area (TPSA) is 81.4 Å². The third-order valence-corrected chi connectivity index (χ3v) is 5.83. The predicted molar refractivity (Wildman–Crippen MR) is 104 cm³/mol. The summed E-state index contributed by atoms with van der Waals surface area (Å²) < 4.78 is 5.74. The molecule has 3 N–H and O–H groups in total. The average molecular weight is 372 g/mol. The Kier molecular flexibility index (Phi) is 5.32. The van der Waals surface area contributed by atoms with Gasteiger partial charge in [0.25, 0.3) is 11.8 Å². The van der Waals surface area contributed by atoms with Crippen LogP contribution in [0.1, 0.15) is 50.3 Å². The highest BCUT2D eigenvalue weighted by Gasteiger charge is 2.25. The van der Waals surface area contributed by atoms with E-state index in [1.165, 1.54) is 11.3 Å². The molecule has 0 radical (unpaired) electrons. The summed E-state index contributed by atoms with van der Waals surface area (Å²) in [5.74, 6) is -0.0392. The first kappa shape index (κ1) is 18.5. The van der Waals surface area contributed by atoms with Crippen LogP contribution in [0.2, 0.25) is 0 Å². The number of nitrogens with two attached hydrogens (primary N) is 1. The molecule has 0 atom stereocenters. The van der Waals surface area contributed by atoms with Gasteiger partial charge in [0.05, 0.1) is 5.56 Å². The summed E-state index contributed by atoms with van der Waals surface area (Å²) in [6.45, 7) is 5.85. The number of carbonyl (C=O) groups is 2. The fourth-order valence-electron chi connectivity index (χ4n) is 3.61. The second-order valence-electron chi connectivity index (χ2n) is 6.84. The summed E-state index contributed by atoms with van der Waals surface area (Å²) in [5.41, 5.74) is 10.2. The first-order valence-electron chi connectivity index (χ1n) is 8.81. The molecule has 26 heavy (non-hydrogen) atoms. The van der Waals surface area contributed by atoms with Gasteiger partial charge in [0.1, 0.15) is 10.8 Å². The molecular formula is C20H24N2O3S. The quantitative estimate of drug-likeness (QED) is 0.840. The number of carbonyl (C=O) groups excluding carboxylic acids is 2. The molecule has 1 aromatic carbocycles. The minimum absolute atomic E-state index is 0.106. The fourth-order valence-corrected chi connectivity index (χ4v) is 4.92. The van der Waals surface area contributed by atoms with Gasteiger partial charge in [0.2, 0.25) is 0 Å². The molecule has 0 spiro atoms. The summed E-state index contributed by atoms with van der Waals surface area (Å²) in [6.07, 6.45) is 3.94. The monoisotopic (exact) mass is 372 g/mol. The Morgan fingerprint density at radius 2 is 1.81 bits per heavy atom. The number of thiophene rings is 1. The van der Waals surface area contributed by atoms with Crippen LogP contribution in [0.15, 0.2) is 12.1 Å². The maximum atomic E-state index is 12.4. The Bertz CT molecular complexity index is 847. The average Bonchev–Trinajstić information content (AvgIpc) is 2.91. The summed E-state index contributed by atoms with van der Waals surface area (Å²) in [5, 5.41) is 3.37. The van der Waals surface area contributed by atoms with Crippen molar-refractivity contribution in [3.8, 4) is 5.75 Å². The lowest BCUT2D eigenvalue weighted by Crippen LogP contribution is -2.23. The number of nitrogens with one attached hydrogen (secondary N) is 1. The van der Waals surface area contributed by atoms with E-state index < -0.39 is 5.91 Å². The molecule has 1 aliphatic carbocycles. The first-order valence-corrected chi connectivity index (χ1v) is 9.63. The molecule has 0 unspecified atom stereocenters. The Morgan fingerprint density at radius 3 is 2.46 bits per heavy atom. The van der Waals surface area contributed by atoms with Crippen LogP contribution in [0.4, 0.5) is 5.00 Å². The SMILES string of the molecule is Cc1cc(C)c(OCC(=O)Nc2sc3c(c2C(N)=O)CCCC3)c(C)c1. The highest BCUT2D eigenvalue weighted by atomic mass is 32.1. The Balaban J connectivity index is 1.73. The van der Waals surface area contributed by atoms with Crippen molar-refractivity contribution in [1.29, 1.82) is 0 Å². The number of benzene rings is 1. The first-order chi connectivity index (χ1) is 12.4. The lowest BCUT2D eigenvalue weighted by Gasteiger charge is -2.13. The zero-order valence-corrected chi connectivity index (χ0v) is 16.2. The highest BCUT2D eigenvalue weighted by molar-refractivity contribution is 7.17. The van der Waals surface area contributed by atoms with Crippen LogP contribution in [0.5, 0.6) is 5.75 Å². The minimum atomic E-state index is -0.481. The molecule has 0 saturated carbocycles. The molecule has 1 aliphatic rings. The number of rotatable bonds is 5. The number of anilines is 1. The van der Waals surface area contributed by atoms with Gasteiger partial charge in [-0.15, -0.1) is 11.3 Å². The molecule has 138 valence electrons. The van der Waals surface area contributed by atoms with Gasteiger partial charge in [-0.1, -0.05) is 17.7 Å². The van der Waals surface area contributed by atoms with E-state index in [0.717, 1.165) is 58.6 Å². The molecule has 3 rings (SSSR count). The molecule has 2 aromatic rings. The number of hydrogen-bond donors (Lipinski definition) is 2. The van der Waals surface area contributed by atoms with Crippen molar-refractivity contribution in [2.24, 2.45) is 5.73 Å². The number of aryl methyl sites for hydroxylation is 4. The van der Waals surface area contributed by atoms with Gasteiger partial charge in [0, 0.05) is 4.88 Å². The maximum absolute atomic E-state index is 12.4. The van der Waals surface area contributed by atoms with Crippen molar-refractivity contribution in [1.82, 2.24) is 0 Å². The molecule has 1 aromatic heterocycles. The molecule has 1 heterocycles. The van der Waals surface area contributed by atoms with E-state index in [2.05, 4.69) is 5.32 Å². The molecule has 0 saturated heterocycles. The van der Waals surface area contributed by atoms with Crippen molar-refractivity contribution in [2.75, 3.05) is 11.9 Å². The lowest BCUT2D eigenvalue weighted by atomic mass is 9.95. The molecule has 0 aliphatic heterocycles. The van der Waals surface area contributed by atoms with E-state index in [4.69, 9.17) is 10.5 Å². The summed E-state index contributed by atoms with van der Waals surface area (Å²) in [6, 6.07) is 4.05.